The maximum Gasteiger partial charge on any atom is 0.251 e. The normalized spacial score (nSPS) is 17.9. The van der Waals surface area contributed by atoms with E-state index in [-0.39, 0.29) is 22.4 Å². The van der Waals surface area contributed by atoms with Crippen LogP contribution in [0.15, 0.2) is 58.3 Å². The van der Waals surface area contributed by atoms with E-state index >= 15 is 0 Å². The van der Waals surface area contributed by atoms with E-state index < -0.39 is 26.0 Å². The fourth-order valence-corrected chi connectivity index (χ4v) is 6.53. The van der Waals surface area contributed by atoms with Crippen molar-refractivity contribution in [3.05, 3.63) is 59.7 Å². The van der Waals surface area contributed by atoms with Crippen LogP contribution < -0.4 is 5.32 Å². The molecule has 0 spiro atoms. The molecule has 1 atom stereocenters. The summed E-state index contributed by atoms with van der Waals surface area (Å²) in [6.45, 7) is 2.43. The van der Waals surface area contributed by atoms with E-state index in [0.29, 0.717) is 17.7 Å². The van der Waals surface area contributed by atoms with Gasteiger partial charge in [-0.1, -0.05) is 24.6 Å². The number of nitrogens with one attached hydrogen (secondary N) is 1. The zero-order chi connectivity index (χ0) is 23.5. The number of hydrogen-bond acceptors (Lipinski definition) is 5. The lowest BCUT2D eigenvalue weighted by molar-refractivity contribution is 0.0950. The highest BCUT2D eigenvalue weighted by atomic mass is 32.2. The van der Waals surface area contributed by atoms with Crippen molar-refractivity contribution in [1.82, 2.24) is 13.9 Å². The van der Waals surface area contributed by atoms with Crippen molar-refractivity contribution in [3.63, 3.8) is 0 Å². The molecule has 8 nitrogen and oxygen atoms in total. The Morgan fingerprint density at radius 1 is 1.03 bits per heavy atom. The van der Waals surface area contributed by atoms with Crippen LogP contribution in [-0.2, 0) is 26.6 Å². The van der Waals surface area contributed by atoms with E-state index in [1.165, 1.54) is 48.7 Å². The standard InChI is InChI=1S/C22H29N3O5S2/c1-17-8-6-7-15-25(17)31(27,28)20-13-11-18(12-14-20)22(26)23-16-19-9-4-5-10-21(19)32(29,30)24(2)3/h4-5,9-14,17H,6-8,15-16H2,1-3H3,(H,23,26)/t17-/m1/s1. The fourth-order valence-electron chi connectivity index (χ4n) is 3.72. The fraction of sp³-hybridized carbons (Fsp3) is 0.409. The molecule has 3 rings (SSSR count). The van der Waals surface area contributed by atoms with Crippen LogP contribution in [-0.4, -0.2) is 58.0 Å². The molecule has 1 amide bonds. The summed E-state index contributed by atoms with van der Waals surface area (Å²) in [4.78, 5) is 12.9. The zero-order valence-electron chi connectivity index (χ0n) is 18.5. The Hall–Kier alpha value is -2.27. The lowest BCUT2D eigenvalue weighted by Crippen LogP contribution is -2.41. The Labute approximate surface area is 190 Å². The molecule has 1 heterocycles. The highest BCUT2D eigenvalue weighted by Crippen LogP contribution is 2.25. The number of carbonyl (C=O) groups excluding carboxylic acids is 1. The van der Waals surface area contributed by atoms with E-state index in [4.69, 9.17) is 0 Å². The Bertz CT molecular complexity index is 1180. The summed E-state index contributed by atoms with van der Waals surface area (Å²) >= 11 is 0. The van der Waals surface area contributed by atoms with Crippen molar-refractivity contribution in [2.24, 2.45) is 0 Å². The number of hydrogen-bond donors (Lipinski definition) is 1. The van der Waals surface area contributed by atoms with Crippen LogP contribution in [0.4, 0.5) is 0 Å². The van der Waals surface area contributed by atoms with E-state index in [1.807, 2.05) is 6.92 Å². The summed E-state index contributed by atoms with van der Waals surface area (Å²) in [5, 5.41) is 2.71. The molecular formula is C22H29N3O5S2. The van der Waals surface area contributed by atoms with Gasteiger partial charge in [-0.05, 0) is 55.7 Å². The first-order valence-corrected chi connectivity index (χ1v) is 13.3. The average Bonchev–Trinajstić information content (AvgIpc) is 2.77. The van der Waals surface area contributed by atoms with Crippen LogP contribution in [0.3, 0.4) is 0 Å². The van der Waals surface area contributed by atoms with Gasteiger partial charge in [-0.2, -0.15) is 4.31 Å². The molecule has 1 aliphatic heterocycles. The number of benzene rings is 2. The molecule has 0 aromatic heterocycles. The van der Waals surface area contributed by atoms with Gasteiger partial charge in [0.25, 0.3) is 5.91 Å². The van der Waals surface area contributed by atoms with Gasteiger partial charge >= 0.3 is 0 Å². The van der Waals surface area contributed by atoms with Gasteiger partial charge in [-0.25, -0.2) is 21.1 Å². The molecule has 32 heavy (non-hydrogen) atoms. The minimum Gasteiger partial charge on any atom is -0.348 e. The molecule has 0 saturated carbocycles. The summed E-state index contributed by atoms with van der Waals surface area (Å²) in [5.74, 6) is -0.419. The van der Waals surface area contributed by atoms with E-state index in [0.717, 1.165) is 23.6 Å². The van der Waals surface area contributed by atoms with E-state index in [2.05, 4.69) is 5.32 Å². The summed E-state index contributed by atoms with van der Waals surface area (Å²) in [5.41, 5.74) is 0.761. The first-order chi connectivity index (χ1) is 15.0. The molecule has 1 saturated heterocycles. The van der Waals surface area contributed by atoms with Crippen LogP contribution in [0.25, 0.3) is 0 Å². The van der Waals surface area contributed by atoms with E-state index in [9.17, 15) is 21.6 Å². The Balaban J connectivity index is 1.73. The summed E-state index contributed by atoms with van der Waals surface area (Å²) < 4.78 is 53.5. The number of piperidine rings is 1. The molecule has 2 aromatic rings. The van der Waals surface area contributed by atoms with Gasteiger partial charge in [-0.15, -0.1) is 0 Å². The van der Waals surface area contributed by atoms with Crippen molar-refractivity contribution in [2.45, 2.75) is 48.6 Å². The Morgan fingerprint density at radius 2 is 1.69 bits per heavy atom. The molecule has 174 valence electrons. The topological polar surface area (TPSA) is 104 Å². The smallest absolute Gasteiger partial charge is 0.251 e. The number of carbonyl (C=O) groups is 1. The lowest BCUT2D eigenvalue weighted by Gasteiger charge is -2.32. The van der Waals surface area contributed by atoms with Crippen molar-refractivity contribution >= 4 is 26.0 Å². The minimum absolute atomic E-state index is 0.0212. The molecule has 10 heteroatoms. The quantitative estimate of drug-likeness (QED) is 0.657. The van der Waals surface area contributed by atoms with Crippen molar-refractivity contribution in [2.75, 3.05) is 20.6 Å². The largest absolute Gasteiger partial charge is 0.348 e. The van der Waals surface area contributed by atoms with Crippen LogP contribution >= 0.6 is 0 Å². The van der Waals surface area contributed by atoms with Crippen LogP contribution in [0.2, 0.25) is 0 Å². The highest BCUT2D eigenvalue weighted by Gasteiger charge is 2.31. The summed E-state index contributed by atoms with van der Waals surface area (Å²) in [6.07, 6.45) is 2.70. The molecular weight excluding hydrogens is 450 g/mol. The molecule has 1 fully saturated rings. The van der Waals surface area contributed by atoms with Crippen LogP contribution in [0.5, 0.6) is 0 Å². The first-order valence-electron chi connectivity index (χ1n) is 10.5. The second-order valence-electron chi connectivity index (χ2n) is 8.06. The summed E-state index contributed by atoms with van der Waals surface area (Å²) in [7, 11) is -4.36. The second kappa shape index (κ2) is 9.70. The van der Waals surface area contributed by atoms with Gasteiger partial charge in [0, 0.05) is 38.8 Å². The zero-order valence-corrected chi connectivity index (χ0v) is 20.1. The lowest BCUT2D eigenvalue weighted by atomic mass is 10.1. The Kier molecular flexibility index (Phi) is 7.39. The number of rotatable bonds is 7. The van der Waals surface area contributed by atoms with Gasteiger partial charge in [0.1, 0.15) is 0 Å². The molecule has 1 N–H and O–H groups in total. The van der Waals surface area contributed by atoms with Gasteiger partial charge in [0.2, 0.25) is 20.0 Å². The predicted molar refractivity (Wildman–Crippen MR) is 122 cm³/mol. The van der Waals surface area contributed by atoms with Gasteiger partial charge in [0.15, 0.2) is 0 Å². The third-order valence-electron chi connectivity index (χ3n) is 5.64. The SMILES string of the molecule is C[C@@H]1CCCCN1S(=O)(=O)c1ccc(C(=O)NCc2ccccc2S(=O)(=O)N(C)C)cc1. The van der Waals surface area contributed by atoms with Gasteiger partial charge in [0.05, 0.1) is 9.79 Å². The number of sulfonamides is 2. The van der Waals surface area contributed by atoms with Crippen molar-refractivity contribution in [1.29, 1.82) is 0 Å². The molecule has 0 bridgehead atoms. The minimum atomic E-state index is -3.65. The van der Waals surface area contributed by atoms with Crippen LogP contribution in [0, 0.1) is 0 Å². The predicted octanol–water partition coefficient (Wildman–Crippen LogP) is 2.43. The van der Waals surface area contributed by atoms with Crippen LogP contribution in [0.1, 0.15) is 42.1 Å². The average molecular weight is 480 g/mol. The van der Waals surface area contributed by atoms with Crippen molar-refractivity contribution in [3.8, 4) is 0 Å². The molecule has 1 aliphatic rings. The molecule has 0 unspecified atom stereocenters. The van der Waals surface area contributed by atoms with Gasteiger partial charge < -0.3 is 5.32 Å². The van der Waals surface area contributed by atoms with Crippen molar-refractivity contribution < 1.29 is 21.6 Å². The maximum absolute atomic E-state index is 12.9. The Morgan fingerprint density at radius 3 is 2.31 bits per heavy atom. The summed E-state index contributed by atoms with van der Waals surface area (Å²) in [6, 6.07) is 12.3. The maximum atomic E-state index is 12.9. The van der Waals surface area contributed by atoms with Gasteiger partial charge in [-0.3, -0.25) is 4.79 Å². The monoisotopic (exact) mass is 479 g/mol. The molecule has 0 aliphatic carbocycles. The first kappa shape index (κ1) is 24.4. The van der Waals surface area contributed by atoms with E-state index in [1.54, 1.807) is 18.2 Å². The number of nitrogens with zero attached hydrogens (tertiary/aromatic N) is 2. The third kappa shape index (κ3) is 5.03. The second-order valence-corrected chi connectivity index (χ2v) is 12.1. The molecule has 0 radical (unpaired) electrons. The number of amides is 1. The highest BCUT2D eigenvalue weighted by molar-refractivity contribution is 7.89. The third-order valence-corrected chi connectivity index (χ3v) is 9.58. The molecule has 2 aromatic carbocycles.